The summed E-state index contributed by atoms with van der Waals surface area (Å²) in [5.41, 5.74) is 0. The van der Waals surface area contributed by atoms with Crippen molar-refractivity contribution in [2.75, 3.05) is 11.4 Å². The molecular formula is C8H8N4. The molecular weight excluding hydrogens is 152 g/mol. The number of hydrogen-bond donors (Lipinski definition) is 0. The lowest BCUT2D eigenvalue weighted by atomic mass is 10.4. The topological polar surface area (TPSA) is 41.4 Å². The van der Waals surface area contributed by atoms with Crippen LogP contribution in [0.1, 0.15) is 0 Å². The van der Waals surface area contributed by atoms with Crippen molar-refractivity contribution in [3.8, 4) is 0 Å². The number of aliphatic imine (C=N–C) groups is 1. The summed E-state index contributed by atoms with van der Waals surface area (Å²) in [6.07, 6.45) is 8.73. The van der Waals surface area contributed by atoms with Crippen LogP contribution in [0.15, 0.2) is 36.0 Å². The third-order valence-corrected chi connectivity index (χ3v) is 1.58. The third kappa shape index (κ3) is 1.32. The number of anilines is 1. The van der Waals surface area contributed by atoms with Crippen LogP contribution in [-0.4, -0.2) is 22.7 Å². The molecule has 0 aromatic carbocycles. The van der Waals surface area contributed by atoms with Crippen molar-refractivity contribution in [2.24, 2.45) is 4.99 Å². The first kappa shape index (κ1) is 6.97. The molecule has 0 saturated heterocycles. The second-order valence-corrected chi connectivity index (χ2v) is 2.35. The molecule has 2 heterocycles. The molecule has 1 aliphatic rings. The third-order valence-electron chi connectivity index (χ3n) is 1.58. The van der Waals surface area contributed by atoms with Crippen molar-refractivity contribution in [3.05, 3.63) is 31.0 Å². The molecule has 0 unspecified atom stereocenters. The van der Waals surface area contributed by atoms with Crippen molar-refractivity contribution >= 4 is 12.0 Å². The molecule has 0 atom stereocenters. The van der Waals surface area contributed by atoms with Crippen molar-refractivity contribution in [1.82, 2.24) is 9.97 Å². The number of nitrogens with zero attached hydrogens (tertiary/aromatic N) is 4. The van der Waals surface area contributed by atoms with Crippen LogP contribution in [0, 0.1) is 0 Å². The molecule has 4 nitrogen and oxygen atoms in total. The van der Waals surface area contributed by atoms with Gasteiger partial charge in [-0.2, -0.15) is 0 Å². The van der Waals surface area contributed by atoms with Gasteiger partial charge < -0.3 is 4.90 Å². The molecule has 0 saturated carbocycles. The average Bonchev–Trinajstić information content (AvgIpc) is 2.21. The van der Waals surface area contributed by atoms with E-state index in [9.17, 15) is 0 Å². The van der Waals surface area contributed by atoms with Crippen LogP contribution in [0.25, 0.3) is 0 Å². The molecule has 4 heteroatoms. The predicted octanol–water partition coefficient (Wildman–Crippen LogP) is 0.839. The van der Waals surface area contributed by atoms with Gasteiger partial charge in [-0.15, -0.1) is 0 Å². The number of rotatable bonds is 1. The Morgan fingerprint density at radius 3 is 3.08 bits per heavy atom. The minimum atomic E-state index is 0.771. The van der Waals surface area contributed by atoms with Gasteiger partial charge in [-0.3, -0.25) is 4.99 Å². The monoisotopic (exact) mass is 160 g/mol. The van der Waals surface area contributed by atoms with Crippen molar-refractivity contribution in [1.29, 1.82) is 0 Å². The molecule has 0 N–H and O–H groups in total. The van der Waals surface area contributed by atoms with E-state index in [0.29, 0.717) is 0 Å². The molecule has 0 aliphatic carbocycles. The molecule has 1 aliphatic heterocycles. The van der Waals surface area contributed by atoms with Gasteiger partial charge in [0.2, 0.25) is 0 Å². The first-order valence-electron chi connectivity index (χ1n) is 3.68. The number of aromatic nitrogens is 2. The largest absolute Gasteiger partial charge is 0.326 e. The molecule has 60 valence electrons. The Labute approximate surface area is 70.3 Å². The molecule has 12 heavy (non-hydrogen) atoms. The van der Waals surface area contributed by atoms with Crippen LogP contribution in [0.2, 0.25) is 0 Å². The number of hydrogen-bond acceptors (Lipinski definition) is 4. The van der Waals surface area contributed by atoms with Gasteiger partial charge >= 0.3 is 0 Å². The summed E-state index contributed by atoms with van der Waals surface area (Å²) < 4.78 is 0. The zero-order chi connectivity index (χ0) is 8.23. The van der Waals surface area contributed by atoms with Crippen molar-refractivity contribution in [3.63, 3.8) is 0 Å². The van der Waals surface area contributed by atoms with Gasteiger partial charge in [0.15, 0.2) is 0 Å². The highest BCUT2D eigenvalue weighted by atomic mass is 15.2. The molecule has 0 bridgehead atoms. The Hall–Kier alpha value is -1.71. The predicted molar refractivity (Wildman–Crippen MR) is 47.0 cm³/mol. The Balaban J connectivity index is 2.21. The van der Waals surface area contributed by atoms with Crippen molar-refractivity contribution < 1.29 is 0 Å². The van der Waals surface area contributed by atoms with E-state index in [1.807, 2.05) is 23.4 Å². The fourth-order valence-corrected chi connectivity index (χ4v) is 0.999. The van der Waals surface area contributed by atoms with E-state index in [-0.39, 0.29) is 0 Å². The van der Waals surface area contributed by atoms with E-state index in [1.165, 1.54) is 6.33 Å². The lowest BCUT2D eigenvalue weighted by Gasteiger charge is -2.17. The van der Waals surface area contributed by atoms with E-state index < -0.39 is 0 Å². The van der Waals surface area contributed by atoms with Gasteiger partial charge in [-0.05, 0) is 6.07 Å². The standard InChI is InChI=1S/C8H8N4/c1-2-10-7-11-8(1)12-5-3-9-4-6-12/h1-5,7H,6H2. The van der Waals surface area contributed by atoms with Crippen LogP contribution in [0.5, 0.6) is 0 Å². The summed E-state index contributed by atoms with van der Waals surface area (Å²) in [4.78, 5) is 13.9. The Morgan fingerprint density at radius 1 is 1.42 bits per heavy atom. The SMILES string of the molecule is C1=CN(c2ccncn2)CC=N1. The second-order valence-electron chi connectivity index (χ2n) is 2.35. The summed E-state index contributed by atoms with van der Waals surface area (Å²) in [6, 6.07) is 1.86. The molecule has 0 spiro atoms. The maximum atomic E-state index is 4.10. The van der Waals surface area contributed by atoms with Crippen LogP contribution in [-0.2, 0) is 0 Å². The summed E-state index contributed by atoms with van der Waals surface area (Å²) in [5.74, 6) is 0.896. The molecule has 0 radical (unpaired) electrons. The van der Waals surface area contributed by atoms with Crippen LogP contribution < -0.4 is 4.90 Å². The van der Waals surface area contributed by atoms with Gasteiger partial charge in [0.05, 0.1) is 6.54 Å². The molecule has 0 fully saturated rings. The van der Waals surface area contributed by atoms with Gasteiger partial charge in [-0.1, -0.05) is 0 Å². The minimum Gasteiger partial charge on any atom is -0.326 e. The highest BCUT2D eigenvalue weighted by Crippen LogP contribution is 2.09. The van der Waals surface area contributed by atoms with Gasteiger partial charge in [0.25, 0.3) is 0 Å². The molecule has 0 amide bonds. The van der Waals surface area contributed by atoms with E-state index in [0.717, 1.165) is 12.4 Å². The van der Waals surface area contributed by atoms with E-state index in [1.54, 1.807) is 12.4 Å². The summed E-state index contributed by atoms with van der Waals surface area (Å²) >= 11 is 0. The molecule has 2 rings (SSSR count). The molecule has 1 aromatic heterocycles. The fourth-order valence-electron chi connectivity index (χ4n) is 0.999. The quantitative estimate of drug-likeness (QED) is 0.611. The minimum absolute atomic E-state index is 0.771. The van der Waals surface area contributed by atoms with Gasteiger partial charge in [0, 0.05) is 24.8 Å². The van der Waals surface area contributed by atoms with Gasteiger partial charge in [-0.25, -0.2) is 9.97 Å². The normalized spacial score (nSPS) is 15.2. The summed E-state index contributed by atoms with van der Waals surface area (Å²) in [6.45, 7) is 0.771. The first-order valence-corrected chi connectivity index (χ1v) is 3.68. The Morgan fingerprint density at radius 2 is 2.42 bits per heavy atom. The average molecular weight is 160 g/mol. The smallest absolute Gasteiger partial charge is 0.136 e. The second kappa shape index (κ2) is 3.13. The lowest BCUT2D eigenvalue weighted by Crippen LogP contribution is -2.21. The van der Waals surface area contributed by atoms with E-state index in [4.69, 9.17) is 0 Å². The van der Waals surface area contributed by atoms with Gasteiger partial charge in [0.1, 0.15) is 12.1 Å². The highest BCUT2D eigenvalue weighted by molar-refractivity contribution is 5.68. The zero-order valence-electron chi connectivity index (χ0n) is 6.46. The lowest BCUT2D eigenvalue weighted by molar-refractivity contribution is 1.03. The summed E-state index contributed by atoms with van der Waals surface area (Å²) in [7, 11) is 0. The Kier molecular flexibility index (Phi) is 1.82. The Bertz CT molecular complexity index is 304. The van der Waals surface area contributed by atoms with E-state index >= 15 is 0 Å². The zero-order valence-corrected chi connectivity index (χ0v) is 6.46. The molecule has 1 aromatic rings. The maximum absolute atomic E-state index is 4.10. The van der Waals surface area contributed by atoms with Crippen LogP contribution in [0.4, 0.5) is 5.82 Å². The van der Waals surface area contributed by atoms with Crippen LogP contribution in [0.3, 0.4) is 0 Å². The van der Waals surface area contributed by atoms with E-state index in [2.05, 4.69) is 15.0 Å². The van der Waals surface area contributed by atoms with Crippen molar-refractivity contribution in [2.45, 2.75) is 0 Å². The fraction of sp³-hybridized carbons (Fsp3) is 0.125. The maximum Gasteiger partial charge on any atom is 0.136 e. The summed E-state index contributed by atoms with van der Waals surface area (Å²) in [5, 5.41) is 0. The highest BCUT2D eigenvalue weighted by Gasteiger charge is 2.03. The van der Waals surface area contributed by atoms with Crippen LogP contribution >= 0.6 is 0 Å². The first-order chi connectivity index (χ1) is 5.97.